The molecule has 1 aromatic carbocycles. The first kappa shape index (κ1) is 16.0. The van der Waals surface area contributed by atoms with Crippen molar-refractivity contribution >= 4 is 21.8 Å². The van der Waals surface area contributed by atoms with Crippen molar-refractivity contribution in [2.75, 3.05) is 13.1 Å². The van der Waals surface area contributed by atoms with Crippen LogP contribution in [-0.4, -0.2) is 35.0 Å². The molecule has 23 heavy (non-hydrogen) atoms. The predicted molar refractivity (Wildman–Crippen MR) is 92.7 cm³/mol. The molecule has 1 aromatic heterocycles. The summed E-state index contributed by atoms with van der Waals surface area (Å²) in [7, 11) is 0. The Morgan fingerprint density at radius 2 is 1.96 bits per heavy atom. The Morgan fingerprint density at radius 1 is 1.22 bits per heavy atom. The van der Waals surface area contributed by atoms with Gasteiger partial charge in [0.1, 0.15) is 6.10 Å². The highest BCUT2D eigenvalue weighted by Gasteiger charge is 2.25. The first-order valence-electron chi connectivity index (χ1n) is 7.77. The summed E-state index contributed by atoms with van der Waals surface area (Å²) < 4.78 is 6.81. The van der Waals surface area contributed by atoms with Crippen molar-refractivity contribution < 1.29 is 9.53 Å². The fourth-order valence-electron chi connectivity index (χ4n) is 2.78. The molecule has 2 heterocycles. The first-order valence-corrected chi connectivity index (χ1v) is 8.56. The summed E-state index contributed by atoms with van der Waals surface area (Å²) >= 11 is 3.44. The number of aromatic nitrogens is 1. The first-order chi connectivity index (χ1) is 11.1. The number of halogens is 1. The van der Waals surface area contributed by atoms with E-state index in [1.54, 1.807) is 6.20 Å². The fourth-order valence-corrected chi connectivity index (χ4v) is 3.12. The van der Waals surface area contributed by atoms with Gasteiger partial charge >= 0.3 is 0 Å². The van der Waals surface area contributed by atoms with Crippen molar-refractivity contribution in [2.45, 2.75) is 25.9 Å². The summed E-state index contributed by atoms with van der Waals surface area (Å²) in [5, 5.41) is 0. The Labute approximate surface area is 144 Å². The van der Waals surface area contributed by atoms with E-state index < -0.39 is 0 Å². The van der Waals surface area contributed by atoms with Gasteiger partial charge in [0.2, 0.25) is 5.88 Å². The quantitative estimate of drug-likeness (QED) is 0.819. The summed E-state index contributed by atoms with van der Waals surface area (Å²) in [4.78, 5) is 18.8. The van der Waals surface area contributed by atoms with Gasteiger partial charge in [0.15, 0.2) is 0 Å². The molecular formula is C18H19BrN2O2. The molecule has 1 amide bonds. The predicted octanol–water partition coefficient (Wildman–Crippen LogP) is 3.84. The third-order valence-corrected chi connectivity index (χ3v) is 4.71. The van der Waals surface area contributed by atoms with Gasteiger partial charge < -0.3 is 9.64 Å². The molecule has 0 unspecified atom stereocenters. The number of hydrogen-bond donors (Lipinski definition) is 0. The fraction of sp³-hybridized carbons (Fsp3) is 0.333. The van der Waals surface area contributed by atoms with Crippen LogP contribution < -0.4 is 4.74 Å². The summed E-state index contributed by atoms with van der Waals surface area (Å²) in [6.07, 6.45) is 3.46. The third-order valence-electron chi connectivity index (χ3n) is 4.11. The van der Waals surface area contributed by atoms with Crippen molar-refractivity contribution in [1.29, 1.82) is 0 Å². The van der Waals surface area contributed by atoms with E-state index in [9.17, 15) is 4.79 Å². The van der Waals surface area contributed by atoms with E-state index >= 15 is 0 Å². The van der Waals surface area contributed by atoms with Crippen LogP contribution in [0.3, 0.4) is 0 Å². The average molecular weight is 375 g/mol. The van der Waals surface area contributed by atoms with Gasteiger partial charge in [-0.2, -0.15) is 0 Å². The van der Waals surface area contributed by atoms with E-state index in [1.165, 1.54) is 0 Å². The molecule has 5 heteroatoms. The van der Waals surface area contributed by atoms with Crippen molar-refractivity contribution in [3.8, 4) is 5.88 Å². The number of benzene rings is 1. The highest BCUT2D eigenvalue weighted by atomic mass is 79.9. The maximum Gasteiger partial charge on any atom is 0.254 e. The average Bonchev–Trinajstić information content (AvgIpc) is 2.57. The molecule has 0 N–H and O–H groups in total. The largest absolute Gasteiger partial charge is 0.473 e. The van der Waals surface area contributed by atoms with Gasteiger partial charge in [-0.15, -0.1) is 0 Å². The van der Waals surface area contributed by atoms with E-state index in [2.05, 4.69) is 20.9 Å². The molecule has 4 nitrogen and oxygen atoms in total. The smallest absolute Gasteiger partial charge is 0.254 e. The van der Waals surface area contributed by atoms with E-state index in [1.807, 2.05) is 48.2 Å². The number of rotatable bonds is 3. The zero-order valence-corrected chi connectivity index (χ0v) is 14.6. The Bertz CT molecular complexity index is 697. The van der Waals surface area contributed by atoms with Crippen molar-refractivity contribution in [1.82, 2.24) is 9.88 Å². The summed E-state index contributed by atoms with van der Waals surface area (Å²) in [5.74, 6) is 0.733. The maximum absolute atomic E-state index is 12.6. The Morgan fingerprint density at radius 3 is 2.65 bits per heavy atom. The molecule has 120 valence electrons. The molecule has 0 saturated carbocycles. The van der Waals surface area contributed by atoms with Crippen LogP contribution in [0, 0.1) is 6.92 Å². The standard InChI is InChI=1S/C18H19BrN2O2/c1-13-5-2-3-6-15(13)18(22)21-11-8-14(9-12-21)23-17-16(19)7-4-10-20-17/h2-7,10,14H,8-9,11-12H2,1H3. The zero-order chi connectivity index (χ0) is 16.2. The highest BCUT2D eigenvalue weighted by Crippen LogP contribution is 2.25. The summed E-state index contributed by atoms with van der Waals surface area (Å²) in [6, 6.07) is 11.5. The number of likely N-dealkylation sites (tertiary alicyclic amines) is 1. The number of carbonyl (C=O) groups excluding carboxylic acids is 1. The summed E-state index contributed by atoms with van der Waals surface area (Å²) in [5.41, 5.74) is 1.81. The molecular weight excluding hydrogens is 356 g/mol. The van der Waals surface area contributed by atoms with E-state index in [0.717, 1.165) is 28.4 Å². The minimum absolute atomic E-state index is 0.0992. The second-order valence-electron chi connectivity index (χ2n) is 5.71. The van der Waals surface area contributed by atoms with Gasteiger partial charge in [0, 0.05) is 37.7 Å². The number of aryl methyl sites for hydroxylation is 1. The molecule has 0 aliphatic carbocycles. The van der Waals surface area contributed by atoms with Crippen LogP contribution in [0.25, 0.3) is 0 Å². The SMILES string of the molecule is Cc1ccccc1C(=O)N1CCC(Oc2ncccc2Br)CC1. The molecule has 0 bridgehead atoms. The topological polar surface area (TPSA) is 42.4 Å². The second-order valence-corrected chi connectivity index (χ2v) is 6.57. The van der Waals surface area contributed by atoms with Crippen molar-refractivity contribution in [3.05, 3.63) is 58.2 Å². The monoisotopic (exact) mass is 374 g/mol. The van der Waals surface area contributed by atoms with Gasteiger partial charge in [0.05, 0.1) is 4.47 Å². The lowest BCUT2D eigenvalue weighted by Gasteiger charge is -2.32. The number of nitrogens with zero attached hydrogens (tertiary/aromatic N) is 2. The number of pyridine rings is 1. The highest BCUT2D eigenvalue weighted by molar-refractivity contribution is 9.10. The van der Waals surface area contributed by atoms with Gasteiger partial charge in [-0.05, 0) is 46.6 Å². The molecule has 1 aliphatic rings. The Kier molecular flexibility index (Phi) is 4.96. The van der Waals surface area contributed by atoms with Gasteiger partial charge in [-0.3, -0.25) is 4.79 Å². The van der Waals surface area contributed by atoms with E-state index in [-0.39, 0.29) is 12.0 Å². The molecule has 3 rings (SSSR count). The number of piperidine rings is 1. The molecule has 0 atom stereocenters. The number of ether oxygens (including phenoxy) is 1. The molecule has 1 fully saturated rings. The number of amides is 1. The number of hydrogen-bond acceptors (Lipinski definition) is 3. The Balaban J connectivity index is 1.59. The van der Waals surface area contributed by atoms with Gasteiger partial charge in [-0.25, -0.2) is 4.98 Å². The lowest BCUT2D eigenvalue weighted by atomic mass is 10.0. The minimum atomic E-state index is 0.0992. The van der Waals surface area contributed by atoms with Crippen LogP contribution in [0.5, 0.6) is 5.88 Å². The van der Waals surface area contributed by atoms with Crippen LogP contribution in [-0.2, 0) is 0 Å². The second kappa shape index (κ2) is 7.13. The number of carbonyl (C=O) groups is 1. The lowest BCUT2D eigenvalue weighted by Crippen LogP contribution is -2.42. The van der Waals surface area contributed by atoms with Crippen LogP contribution in [0.1, 0.15) is 28.8 Å². The Hall–Kier alpha value is -1.88. The van der Waals surface area contributed by atoms with Crippen molar-refractivity contribution in [2.24, 2.45) is 0 Å². The third kappa shape index (κ3) is 3.72. The molecule has 0 spiro atoms. The normalized spacial score (nSPS) is 15.5. The van der Waals surface area contributed by atoms with Crippen LogP contribution in [0.4, 0.5) is 0 Å². The molecule has 0 radical (unpaired) electrons. The van der Waals surface area contributed by atoms with Crippen LogP contribution >= 0.6 is 15.9 Å². The van der Waals surface area contributed by atoms with Crippen LogP contribution in [0.15, 0.2) is 47.1 Å². The maximum atomic E-state index is 12.6. The van der Waals surface area contributed by atoms with Crippen molar-refractivity contribution in [3.63, 3.8) is 0 Å². The lowest BCUT2D eigenvalue weighted by molar-refractivity contribution is 0.0586. The minimum Gasteiger partial charge on any atom is -0.473 e. The van der Waals surface area contributed by atoms with Gasteiger partial charge in [-0.1, -0.05) is 18.2 Å². The van der Waals surface area contributed by atoms with E-state index in [0.29, 0.717) is 19.0 Å². The molecule has 1 aliphatic heterocycles. The van der Waals surface area contributed by atoms with Gasteiger partial charge in [0.25, 0.3) is 5.91 Å². The molecule has 2 aromatic rings. The van der Waals surface area contributed by atoms with E-state index in [4.69, 9.17) is 4.74 Å². The van der Waals surface area contributed by atoms with Crippen LogP contribution in [0.2, 0.25) is 0 Å². The zero-order valence-electron chi connectivity index (χ0n) is 13.0. The molecule has 1 saturated heterocycles. The summed E-state index contributed by atoms with van der Waals surface area (Å²) in [6.45, 7) is 3.40.